The molecule has 2 nitrogen and oxygen atoms in total. The predicted molar refractivity (Wildman–Crippen MR) is 72.1 cm³/mol. The smallest absolute Gasteiger partial charge is 0.178 e. The standard InChI is InChI=1S/C14H22O2S/c1-5-6-11-17(15,16)13-9-7-12(8-10-13)14(2,3)4/h7-10H,5-6,11H2,1-4H3. The molecule has 17 heavy (non-hydrogen) atoms. The molecule has 0 atom stereocenters. The first kappa shape index (κ1) is 14.2. The van der Waals surface area contributed by atoms with Crippen molar-refractivity contribution in [3.05, 3.63) is 29.8 Å². The van der Waals surface area contributed by atoms with E-state index in [1.54, 1.807) is 12.1 Å². The molecular formula is C14H22O2S. The lowest BCUT2D eigenvalue weighted by atomic mass is 9.87. The Morgan fingerprint density at radius 3 is 2.00 bits per heavy atom. The van der Waals surface area contributed by atoms with Crippen LogP contribution in [0.5, 0.6) is 0 Å². The molecule has 3 heteroatoms. The molecule has 0 unspecified atom stereocenters. The molecule has 96 valence electrons. The molecule has 0 N–H and O–H groups in total. The van der Waals surface area contributed by atoms with Crippen molar-refractivity contribution in [2.75, 3.05) is 5.75 Å². The summed E-state index contributed by atoms with van der Waals surface area (Å²) in [6.45, 7) is 8.35. The average molecular weight is 254 g/mol. The van der Waals surface area contributed by atoms with Crippen molar-refractivity contribution in [1.82, 2.24) is 0 Å². The van der Waals surface area contributed by atoms with Crippen molar-refractivity contribution in [1.29, 1.82) is 0 Å². The fourth-order valence-corrected chi connectivity index (χ4v) is 3.07. The second-order valence-electron chi connectivity index (χ2n) is 5.45. The number of unbranched alkanes of at least 4 members (excludes halogenated alkanes) is 1. The van der Waals surface area contributed by atoms with Gasteiger partial charge in [-0.15, -0.1) is 0 Å². The maximum absolute atomic E-state index is 12.0. The first-order valence-electron chi connectivity index (χ1n) is 6.10. The van der Waals surface area contributed by atoms with Crippen molar-refractivity contribution < 1.29 is 8.42 Å². The largest absolute Gasteiger partial charge is 0.224 e. The van der Waals surface area contributed by atoms with Gasteiger partial charge in [0.15, 0.2) is 9.84 Å². The Morgan fingerprint density at radius 1 is 1.06 bits per heavy atom. The SMILES string of the molecule is CCCCS(=O)(=O)c1ccc(C(C)(C)C)cc1. The summed E-state index contributed by atoms with van der Waals surface area (Å²) in [5.74, 6) is 0.248. The third kappa shape index (κ3) is 3.84. The topological polar surface area (TPSA) is 34.1 Å². The van der Waals surface area contributed by atoms with Crippen LogP contribution < -0.4 is 0 Å². The zero-order valence-corrected chi connectivity index (χ0v) is 12.0. The molecular weight excluding hydrogens is 232 g/mol. The van der Waals surface area contributed by atoms with E-state index in [2.05, 4.69) is 20.8 Å². The highest BCUT2D eigenvalue weighted by Gasteiger charge is 2.17. The summed E-state index contributed by atoms with van der Waals surface area (Å²) in [6.07, 6.45) is 1.63. The van der Waals surface area contributed by atoms with Crippen molar-refractivity contribution >= 4 is 9.84 Å². The van der Waals surface area contributed by atoms with Gasteiger partial charge < -0.3 is 0 Å². The summed E-state index contributed by atoms with van der Waals surface area (Å²) in [7, 11) is -3.08. The minimum absolute atomic E-state index is 0.0612. The Labute approximate surface area is 105 Å². The number of sulfone groups is 1. The molecule has 0 radical (unpaired) electrons. The van der Waals surface area contributed by atoms with Gasteiger partial charge >= 0.3 is 0 Å². The van der Waals surface area contributed by atoms with Crippen molar-refractivity contribution in [2.45, 2.75) is 50.8 Å². The number of benzene rings is 1. The van der Waals surface area contributed by atoms with Crippen molar-refractivity contribution in [3.8, 4) is 0 Å². The summed E-state index contributed by atoms with van der Waals surface area (Å²) in [5.41, 5.74) is 1.22. The van der Waals surface area contributed by atoms with E-state index in [0.29, 0.717) is 4.90 Å². The van der Waals surface area contributed by atoms with Crippen LogP contribution in [0.3, 0.4) is 0 Å². The van der Waals surface area contributed by atoms with E-state index in [4.69, 9.17) is 0 Å². The highest BCUT2D eigenvalue weighted by molar-refractivity contribution is 7.91. The highest BCUT2D eigenvalue weighted by Crippen LogP contribution is 2.23. The zero-order valence-electron chi connectivity index (χ0n) is 11.2. The first-order valence-corrected chi connectivity index (χ1v) is 7.76. The molecule has 0 saturated carbocycles. The maximum atomic E-state index is 12.0. The molecule has 0 bridgehead atoms. The molecule has 0 saturated heterocycles. The normalized spacial score (nSPS) is 12.7. The van der Waals surface area contributed by atoms with Crippen LogP contribution in [0, 0.1) is 0 Å². The van der Waals surface area contributed by atoms with E-state index in [1.165, 1.54) is 0 Å². The average Bonchev–Trinajstić information content (AvgIpc) is 2.25. The third-order valence-electron chi connectivity index (χ3n) is 2.85. The van der Waals surface area contributed by atoms with Gasteiger partial charge in [-0.05, 0) is 29.5 Å². The van der Waals surface area contributed by atoms with Crippen LogP contribution in [0.25, 0.3) is 0 Å². The highest BCUT2D eigenvalue weighted by atomic mass is 32.2. The molecule has 0 amide bonds. The lowest BCUT2D eigenvalue weighted by molar-refractivity contribution is 0.585. The van der Waals surface area contributed by atoms with E-state index in [1.807, 2.05) is 19.1 Å². The van der Waals surface area contributed by atoms with Gasteiger partial charge in [0.05, 0.1) is 10.6 Å². The lowest BCUT2D eigenvalue weighted by Crippen LogP contribution is -2.12. The van der Waals surface area contributed by atoms with Gasteiger partial charge in [0, 0.05) is 0 Å². The molecule has 0 spiro atoms. The minimum Gasteiger partial charge on any atom is -0.224 e. The quantitative estimate of drug-likeness (QED) is 0.823. The van der Waals surface area contributed by atoms with E-state index >= 15 is 0 Å². The van der Waals surface area contributed by atoms with Gasteiger partial charge in [0.25, 0.3) is 0 Å². The number of hydrogen-bond acceptors (Lipinski definition) is 2. The second-order valence-corrected chi connectivity index (χ2v) is 7.56. The summed E-state index contributed by atoms with van der Waals surface area (Å²) < 4.78 is 23.9. The van der Waals surface area contributed by atoms with E-state index in [-0.39, 0.29) is 11.2 Å². The van der Waals surface area contributed by atoms with Gasteiger partial charge in [-0.3, -0.25) is 0 Å². The van der Waals surface area contributed by atoms with Gasteiger partial charge in [-0.25, -0.2) is 8.42 Å². The molecule has 0 aliphatic heterocycles. The fourth-order valence-electron chi connectivity index (χ4n) is 1.61. The maximum Gasteiger partial charge on any atom is 0.178 e. The second kappa shape index (κ2) is 5.21. The molecule has 1 rings (SSSR count). The van der Waals surface area contributed by atoms with E-state index in [0.717, 1.165) is 18.4 Å². The molecule has 0 aliphatic carbocycles. The summed E-state index contributed by atoms with van der Waals surface area (Å²) in [4.78, 5) is 0.443. The van der Waals surface area contributed by atoms with Crippen LogP contribution in [-0.4, -0.2) is 14.2 Å². The van der Waals surface area contributed by atoms with Crippen LogP contribution >= 0.6 is 0 Å². The van der Waals surface area contributed by atoms with Crippen LogP contribution in [-0.2, 0) is 15.3 Å². The molecule has 0 aromatic heterocycles. The van der Waals surface area contributed by atoms with Crippen LogP contribution in [0.1, 0.15) is 46.1 Å². The summed E-state index contributed by atoms with van der Waals surface area (Å²) in [6, 6.07) is 7.29. The monoisotopic (exact) mass is 254 g/mol. The van der Waals surface area contributed by atoms with Gasteiger partial charge in [-0.2, -0.15) is 0 Å². The Bertz CT molecular complexity index is 450. The van der Waals surface area contributed by atoms with Crippen LogP contribution in [0.4, 0.5) is 0 Å². The number of hydrogen-bond donors (Lipinski definition) is 0. The molecule has 1 aromatic rings. The molecule has 0 heterocycles. The Morgan fingerprint density at radius 2 is 1.59 bits per heavy atom. The minimum atomic E-state index is -3.08. The summed E-state index contributed by atoms with van der Waals surface area (Å²) in [5, 5.41) is 0. The number of rotatable bonds is 4. The third-order valence-corrected chi connectivity index (χ3v) is 4.66. The van der Waals surface area contributed by atoms with E-state index < -0.39 is 9.84 Å². The zero-order chi connectivity index (χ0) is 13.1. The lowest BCUT2D eigenvalue weighted by Gasteiger charge is -2.19. The molecule has 0 fully saturated rings. The predicted octanol–water partition coefficient (Wildman–Crippen LogP) is 3.56. The fraction of sp³-hybridized carbons (Fsp3) is 0.571. The van der Waals surface area contributed by atoms with Crippen LogP contribution in [0.2, 0.25) is 0 Å². The summed E-state index contributed by atoms with van der Waals surface area (Å²) >= 11 is 0. The van der Waals surface area contributed by atoms with Gasteiger partial charge in [0.2, 0.25) is 0 Å². The molecule has 0 aliphatic rings. The van der Waals surface area contributed by atoms with Crippen LogP contribution in [0.15, 0.2) is 29.2 Å². The van der Waals surface area contributed by atoms with Gasteiger partial charge in [-0.1, -0.05) is 46.2 Å². The Balaban J connectivity index is 2.95. The van der Waals surface area contributed by atoms with Gasteiger partial charge in [0.1, 0.15) is 0 Å². The Kier molecular flexibility index (Phi) is 4.36. The first-order chi connectivity index (χ1) is 7.77. The van der Waals surface area contributed by atoms with Crippen molar-refractivity contribution in [3.63, 3.8) is 0 Å². The molecule has 1 aromatic carbocycles. The Hall–Kier alpha value is -0.830. The van der Waals surface area contributed by atoms with Crippen molar-refractivity contribution in [2.24, 2.45) is 0 Å². The van der Waals surface area contributed by atoms with E-state index in [9.17, 15) is 8.42 Å².